The fourth-order valence-electron chi connectivity index (χ4n) is 1.65. The van der Waals surface area contributed by atoms with Gasteiger partial charge in [0.25, 0.3) is 0 Å². The molecule has 1 aromatic rings. The Hall–Kier alpha value is -1.95. The van der Waals surface area contributed by atoms with Crippen molar-refractivity contribution in [1.82, 2.24) is 15.2 Å². The molecule has 1 aromatic heterocycles. The highest BCUT2D eigenvalue weighted by molar-refractivity contribution is 5.86. The van der Waals surface area contributed by atoms with Crippen LogP contribution in [0.2, 0.25) is 0 Å². The number of pyridine rings is 1. The average molecular weight is 250 g/mol. The SMILES string of the molecule is CNC(Cc1cccnc1)C(=O)N(C)CC(N)=O. The van der Waals surface area contributed by atoms with Gasteiger partial charge >= 0.3 is 0 Å². The van der Waals surface area contributed by atoms with Gasteiger partial charge in [0.2, 0.25) is 11.8 Å². The molecule has 1 heterocycles. The number of aromatic nitrogens is 1. The third-order valence-corrected chi connectivity index (χ3v) is 2.58. The predicted octanol–water partition coefficient (Wildman–Crippen LogP) is -0.844. The molecule has 0 bridgehead atoms. The molecule has 3 N–H and O–H groups in total. The number of hydrogen-bond donors (Lipinski definition) is 2. The lowest BCUT2D eigenvalue weighted by molar-refractivity contribution is -0.135. The lowest BCUT2D eigenvalue weighted by Crippen LogP contribution is -2.47. The summed E-state index contributed by atoms with van der Waals surface area (Å²) in [6, 6.07) is 3.33. The van der Waals surface area contributed by atoms with Gasteiger partial charge in [0.05, 0.1) is 12.6 Å². The molecule has 0 radical (unpaired) electrons. The number of rotatable bonds is 6. The van der Waals surface area contributed by atoms with E-state index in [1.165, 1.54) is 4.90 Å². The van der Waals surface area contributed by atoms with Crippen molar-refractivity contribution < 1.29 is 9.59 Å². The Morgan fingerprint density at radius 3 is 2.78 bits per heavy atom. The normalized spacial score (nSPS) is 11.9. The number of amides is 2. The molecule has 1 atom stereocenters. The van der Waals surface area contributed by atoms with Crippen molar-refractivity contribution in [3.8, 4) is 0 Å². The van der Waals surface area contributed by atoms with E-state index in [0.717, 1.165) is 5.56 Å². The third kappa shape index (κ3) is 4.14. The van der Waals surface area contributed by atoms with Gasteiger partial charge in [-0.1, -0.05) is 6.07 Å². The molecule has 2 amide bonds. The summed E-state index contributed by atoms with van der Waals surface area (Å²) in [5.74, 6) is -0.692. The Balaban J connectivity index is 2.66. The highest BCUT2D eigenvalue weighted by Crippen LogP contribution is 2.03. The maximum Gasteiger partial charge on any atom is 0.240 e. The Morgan fingerprint density at radius 1 is 1.56 bits per heavy atom. The highest BCUT2D eigenvalue weighted by Gasteiger charge is 2.21. The molecule has 0 aliphatic carbocycles. The number of nitrogens with one attached hydrogen (secondary N) is 1. The van der Waals surface area contributed by atoms with E-state index in [0.29, 0.717) is 6.42 Å². The third-order valence-electron chi connectivity index (χ3n) is 2.58. The molecule has 6 nitrogen and oxygen atoms in total. The van der Waals surface area contributed by atoms with Crippen LogP contribution in [0.4, 0.5) is 0 Å². The topological polar surface area (TPSA) is 88.3 Å². The van der Waals surface area contributed by atoms with E-state index in [9.17, 15) is 9.59 Å². The van der Waals surface area contributed by atoms with Crippen molar-refractivity contribution in [2.24, 2.45) is 5.73 Å². The van der Waals surface area contributed by atoms with Gasteiger partial charge in [-0.15, -0.1) is 0 Å². The summed E-state index contributed by atoms with van der Waals surface area (Å²) in [6.45, 7) is -0.0793. The van der Waals surface area contributed by atoms with Crippen LogP contribution in [0.25, 0.3) is 0 Å². The van der Waals surface area contributed by atoms with Crippen molar-refractivity contribution in [3.63, 3.8) is 0 Å². The molecule has 0 aliphatic rings. The zero-order valence-electron chi connectivity index (χ0n) is 10.6. The molecule has 0 aromatic carbocycles. The Morgan fingerprint density at radius 2 is 2.28 bits per heavy atom. The van der Waals surface area contributed by atoms with Crippen molar-refractivity contribution >= 4 is 11.8 Å². The quantitative estimate of drug-likeness (QED) is 0.688. The molecule has 98 valence electrons. The summed E-state index contributed by atoms with van der Waals surface area (Å²) in [5, 5.41) is 2.93. The van der Waals surface area contributed by atoms with Gasteiger partial charge in [0.15, 0.2) is 0 Å². The lowest BCUT2D eigenvalue weighted by Gasteiger charge is -2.22. The number of primary amides is 1. The molecule has 1 unspecified atom stereocenters. The van der Waals surface area contributed by atoms with Gasteiger partial charge in [-0.3, -0.25) is 14.6 Å². The van der Waals surface area contributed by atoms with Crippen molar-refractivity contribution in [2.45, 2.75) is 12.5 Å². The molecule has 6 heteroatoms. The van der Waals surface area contributed by atoms with Crippen LogP contribution >= 0.6 is 0 Å². The molecular formula is C12H18N4O2. The van der Waals surface area contributed by atoms with Crippen LogP contribution in [0, 0.1) is 0 Å². The first-order valence-corrected chi connectivity index (χ1v) is 5.64. The maximum absolute atomic E-state index is 12.0. The Labute approximate surface area is 106 Å². The smallest absolute Gasteiger partial charge is 0.240 e. The summed E-state index contributed by atoms with van der Waals surface area (Å²) in [4.78, 5) is 28.1. The number of hydrogen-bond acceptors (Lipinski definition) is 4. The second kappa shape index (κ2) is 6.70. The number of likely N-dealkylation sites (N-methyl/N-ethyl adjacent to an activating group) is 2. The second-order valence-corrected chi connectivity index (χ2v) is 4.07. The summed E-state index contributed by atoms with van der Waals surface area (Å²) in [7, 11) is 3.26. The van der Waals surface area contributed by atoms with Crippen LogP contribution in [0.5, 0.6) is 0 Å². The van der Waals surface area contributed by atoms with Gasteiger partial charge in [-0.2, -0.15) is 0 Å². The number of carbonyl (C=O) groups excluding carboxylic acids is 2. The van der Waals surface area contributed by atoms with Crippen LogP contribution in [0.3, 0.4) is 0 Å². The van der Waals surface area contributed by atoms with E-state index in [1.54, 1.807) is 26.5 Å². The standard InChI is InChI=1S/C12H18N4O2/c1-14-10(6-9-4-3-5-15-7-9)12(18)16(2)8-11(13)17/h3-5,7,10,14H,6,8H2,1-2H3,(H2,13,17). The van der Waals surface area contributed by atoms with Gasteiger partial charge < -0.3 is 16.0 Å². The second-order valence-electron chi connectivity index (χ2n) is 4.07. The van der Waals surface area contributed by atoms with Crippen LogP contribution < -0.4 is 11.1 Å². The first-order chi connectivity index (χ1) is 8.54. The molecule has 0 fully saturated rings. The van der Waals surface area contributed by atoms with Crippen molar-refractivity contribution in [3.05, 3.63) is 30.1 Å². The van der Waals surface area contributed by atoms with Crippen LogP contribution in [-0.2, 0) is 16.0 Å². The first kappa shape index (κ1) is 14.1. The molecular weight excluding hydrogens is 232 g/mol. The molecule has 18 heavy (non-hydrogen) atoms. The van der Waals surface area contributed by atoms with E-state index in [1.807, 2.05) is 12.1 Å². The number of nitrogens with zero attached hydrogens (tertiary/aromatic N) is 2. The summed E-state index contributed by atoms with van der Waals surface area (Å²) < 4.78 is 0. The fourth-order valence-corrected chi connectivity index (χ4v) is 1.65. The van der Waals surface area contributed by atoms with Crippen LogP contribution in [0.1, 0.15) is 5.56 Å². The minimum Gasteiger partial charge on any atom is -0.368 e. The largest absolute Gasteiger partial charge is 0.368 e. The Bertz CT molecular complexity index is 408. The van der Waals surface area contributed by atoms with Crippen molar-refractivity contribution in [2.75, 3.05) is 20.6 Å². The average Bonchev–Trinajstić information content (AvgIpc) is 2.35. The highest BCUT2D eigenvalue weighted by atomic mass is 16.2. The summed E-state index contributed by atoms with van der Waals surface area (Å²) in [5.41, 5.74) is 6.02. The summed E-state index contributed by atoms with van der Waals surface area (Å²) >= 11 is 0. The lowest BCUT2D eigenvalue weighted by atomic mass is 10.1. The minimum atomic E-state index is -0.526. The molecule has 0 aliphatic heterocycles. The molecule has 1 rings (SSSR count). The summed E-state index contributed by atoms with van der Waals surface area (Å²) in [6.07, 6.45) is 3.91. The van der Waals surface area contributed by atoms with E-state index in [2.05, 4.69) is 10.3 Å². The molecule has 0 saturated heterocycles. The zero-order chi connectivity index (χ0) is 13.5. The van der Waals surface area contributed by atoms with Gasteiger partial charge in [0.1, 0.15) is 0 Å². The van der Waals surface area contributed by atoms with E-state index in [4.69, 9.17) is 5.73 Å². The van der Waals surface area contributed by atoms with Crippen molar-refractivity contribution in [1.29, 1.82) is 0 Å². The Kier molecular flexibility index (Phi) is 5.26. The van der Waals surface area contributed by atoms with Crippen LogP contribution in [0.15, 0.2) is 24.5 Å². The van der Waals surface area contributed by atoms with Gasteiger partial charge in [-0.05, 0) is 25.1 Å². The number of carbonyl (C=O) groups is 2. The molecule has 0 saturated carbocycles. The monoisotopic (exact) mass is 250 g/mol. The molecule has 0 spiro atoms. The predicted molar refractivity (Wildman–Crippen MR) is 67.6 cm³/mol. The zero-order valence-corrected chi connectivity index (χ0v) is 10.6. The first-order valence-electron chi connectivity index (χ1n) is 5.64. The van der Waals surface area contributed by atoms with Crippen LogP contribution in [-0.4, -0.2) is 48.4 Å². The van der Waals surface area contributed by atoms with E-state index in [-0.39, 0.29) is 12.5 Å². The van der Waals surface area contributed by atoms with E-state index >= 15 is 0 Å². The fraction of sp³-hybridized carbons (Fsp3) is 0.417. The minimum absolute atomic E-state index is 0.0793. The van der Waals surface area contributed by atoms with E-state index < -0.39 is 11.9 Å². The number of nitrogens with two attached hydrogens (primary N) is 1. The van der Waals surface area contributed by atoms with Gasteiger partial charge in [0, 0.05) is 19.4 Å². The van der Waals surface area contributed by atoms with Gasteiger partial charge in [-0.25, -0.2) is 0 Å². The maximum atomic E-state index is 12.0.